The van der Waals surface area contributed by atoms with E-state index in [1.54, 1.807) is 6.20 Å². The van der Waals surface area contributed by atoms with Gasteiger partial charge < -0.3 is 15.5 Å². The Morgan fingerprint density at radius 1 is 1.18 bits per heavy atom. The molecular formula is C15H18BrN5O. The van der Waals surface area contributed by atoms with Gasteiger partial charge in [0.2, 0.25) is 0 Å². The third kappa shape index (κ3) is 5.09. The van der Waals surface area contributed by atoms with Crippen LogP contribution in [0.3, 0.4) is 0 Å². The van der Waals surface area contributed by atoms with E-state index < -0.39 is 0 Å². The first kappa shape index (κ1) is 16.4. The summed E-state index contributed by atoms with van der Waals surface area (Å²) in [6.07, 6.45) is 3.01. The van der Waals surface area contributed by atoms with Gasteiger partial charge in [0, 0.05) is 23.2 Å². The van der Waals surface area contributed by atoms with E-state index in [0.29, 0.717) is 18.1 Å². The fraction of sp³-hybridized carbons (Fsp3) is 0.267. The van der Waals surface area contributed by atoms with Gasteiger partial charge in [-0.15, -0.1) is 0 Å². The third-order valence-electron chi connectivity index (χ3n) is 2.85. The summed E-state index contributed by atoms with van der Waals surface area (Å²) < 4.78 is 1.01. The highest BCUT2D eigenvalue weighted by Crippen LogP contribution is 2.17. The lowest BCUT2D eigenvalue weighted by Gasteiger charge is -2.10. The van der Waals surface area contributed by atoms with Crippen LogP contribution in [0.15, 0.2) is 41.1 Å². The van der Waals surface area contributed by atoms with Crippen LogP contribution >= 0.6 is 15.9 Å². The smallest absolute Gasteiger partial charge is 0.271 e. The number of benzene rings is 1. The predicted octanol–water partition coefficient (Wildman–Crippen LogP) is 2.27. The number of rotatable bonds is 6. The maximum atomic E-state index is 11.9. The minimum absolute atomic E-state index is 0.218. The Labute approximate surface area is 138 Å². The molecule has 6 nitrogen and oxygen atoms in total. The highest BCUT2D eigenvalue weighted by atomic mass is 79.9. The number of anilines is 2. The Bertz CT molecular complexity index is 613. The predicted molar refractivity (Wildman–Crippen MR) is 90.3 cm³/mol. The van der Waals surface area contributed by atoms with Crippen molar-refractivity contribution in [3.05, 3.63) is 46.8 Å². The molecule has 7 heteroatoms. The van der Waals surface area contributed by atoms with E-state index in [0.717, 1.165) is 16.7 Å². The Hall–Kier alpha value is -1.99. The number of aromatic nitrogens is 2. The van der Waals surface area contributed by atoms with Gasteiger partial charge in [0.25, 0.3) is 5.91 Å². The molecule has 116 valence electrons. The van der Waals surface area contributed by atoms with E-state index in [9.17, 15) is 4.79 Å². The van der Waals surface area contributed by atoms with Gasteiger partial charge in [0.15, 0.2) is 0 Å². The lowest BCUT2D eigenvalue weighted by Crippen LogP contribution is -2.31. The summed E-state index contributed by atoms with van der Waals surface area (Å²) in [6, 6.07) is 7.71. The summed E-state index contributed by atoms with van der Waals surface area (Å²) >= 11 is 3.38. The highest BCUT2D eigenvalue weighted by molar-refractivity contribution is 9.10. The van der Waals surface area contributed by atoms with Gasteiger partial charge in [-0.2, -0.15) is 0 Å². The van der Waals surface area contributed by atoms with Crippen LogP contribution in [0.4, 0.5) is 11.5 Å². The topological polar surface area (TPSA) is 70.2 Å². The minimum atomic E-state index is -0.218. The number of nitrogens with zero attached hydrogens (tertiary/aromatic N) is 3. The Kier molecular flexibility index (Phi) is 5.85. The fourth-order valence-electron chi connectivity index (χ4n) is 1.67. The molecular weight excluding hydrogens is 346 g/mol. The number of halogens is 1. The molecule has 0 aliphatic heterocycles. The van der Waals surface area contributed by atoms with Crippen LogP contribution in [-0.4, -0.2) is 48.0 Å². The van der Waals surface area contributed by atoms with Crippen LogP contribution in [0.25, 0.3) is 0 Å². The quantitative estimate of drug-likeness (QED) is 0.823. The second kappa shape index (κ2) is 7.86. The molecule has 0 aliphatic carbocycles. The van der Waals surface area contributed by atoms with E-state index in [1.165, 1.54) is 6.20 Å². The van der Waals surface area contributed by atoms with Crippen molar-refractivity contribution in [3.63, 3.8) is 0 Å². The molecule has 0 atom stereocenters. The van der Waals surface area contributed by atoms with Crippen molar-refractivity contribution in [3.8, 4) is 0 Å². The van der Waals surface area contributed by atoms with Crippen LogP contribution < -0.4 is 10.6 Å². The van der Waals surface area contributed by atoms with Crippen LogP contribution in [0.1, 0.15) is 10.5 Å². The van der Waals surface area contributed by atoms with Crippen molar-refractivity contribution in [2.45, 2.75) is 0 Å². The second-order valence-electron chi connectivity index (χ2n) is 4.98. The Morgan fingerprint density at radius 2 is 1.91 bits per heavy atom. The molecule has 2 aromatic rings. The van der Waals surface area contributed by atoms with Gasteiger partial charge in [-0.3, -0.25) is 4.79 Å². The first-order chi connectivity index (χ1) is 10.5. The normalized spacial score (nSPS) is 10.5. The standard InChI is InChI=1S/C15H18BrN5O/c1-21(2)8-7-17-15(22)13-9-19-14(10-18-13)20-12-5-3-11(16)4-6-12/h3-6,9-10H,7-8H2,1-2H3,(H,17,22)(H,19,20). The van der Waals surface area contributed by atoms with Gasteiger partial charge in [0.05, 0.1) is 12.4 Å². The summed E-state index contributed by atoms with van der Waals surface area (Å²) in [5.74, 6) is 0.372. The SMILES string of the molecule is CN(C)CCNC(=O)c1cnc(Nc2ccc(Br)cc2)cn1. The van der Waals surface area contributed by atoms with Gasteiger partial charge in [0.1, 0.15) is 11.5 Å². The van der Waals surface area contributed by atoms with Crippen molar-refractivity contribution >= 4 is 33.3 Å². The number of carbonyl (C=O) groups excluding carboxylic acids is 1. The van der Waals surface area contributed by atoms with Crippen LogP contribution in [0.5, 0.6) is 0 Å². The lowest BCUT2D eigenvalue weighted by atomic mass is 10.3. The molecule has 0 unspecified atom stereocenters. The number of amides is 1. The van der Waals surface area contributed by atoms with Gasteiger partial charge in [-0.25, -0.2) is 9.97 Å². The van der Waals surface area contributed by atoms with Crippen LogP contribution in [0, 0.1) is 0 Å². The second-order valence-corrected chi connectivity index (χ2v) is 5.89. The van der Waals surface area contributed by atoms with Crippen molar-refractivity contribution < 1.29 is 4.79 Å². The molecule has 1 amide bonds. The molecule has 0 radical (unpaired) electrons. The Balaban J connectivity index is 1.92. The number of nitrogens with one attached hydrogen (secondary N) is 2. The van der Waals surface area contributed by atoms with Crippen molar-refractivity contribution in [2.75, 3.05) is 32.5 Å². The zero-order chi connectivity index (χ0) is 15.9. The van der Waals surface area contributed by atoms with Gasteiger partial charge in [-0.05, 0) is 38.4 Å². The molecule has 1 aromatic heterocycles. The molecule has 1 aromatic carbocycles. The van der Waals surface area contributed by atoms with Crippen molar-refractivity contribution in [1.82, 2.24) is 20.2 Å². The molecule has 22 heavy (non-hydrogen) atoms. The summed E-state index contributed by atoms with van der Waals surface area (Å²) in [5, 5.41) is 5.92. The average Bonchev–Trinajstić information content (AvgIpc) is 2.50. The first-order valence-electron chi connectivity index (χ1n) is 6.82. The van der Waals surface area contributed by atoms with Crippen molar-refractivity contribution in [2.24, 2.45) is 0 Å². The monoisotopic (exact) mass is 363 g/mol. The summed E-state index contributed by atoms with van der Waals surface area (Å²) in [6.45, 7) is 1.36. The van der Waals surface area contributed by atoms with Crippen molar-refractivity contribution in [1.29, 1.82) is 0 Å². The largest absolute Gasteiger partial charge is 0.349 e. The van der Waals surface area contributed by atoms with Gasteiger partial charge >= 0.3 is 0 Å². The maximum absolute atomic E-state index is 11.9. The molecule has 0 fully saturated rings. The Morgan fingerprint density at radius 3 is 2.50 bits per heavy atom. The number of carbonyl (C=O) groups is 1. The molecule has 0 bridgehead atoms. The summed E-state index contributed by atoms with van der Waals surface area (Å²) in [5.41, 5.74) is 1.21. The third-order valence-corrected chi connectivity index (χ3v) is 3.37. The van der Waals surface area contributed by atoms with Crippen LogP contribution in [0.2, 0.25) is 0 Å². The fourth-order valence-corrected chi connectivity index (χ4v) is 1.94. The molecule has 0 saturated heterocycles. The number of likely N-dealkylation sites (N-methyl/N-ethyl adjacent to an activating group) is 1. The first-order valence-corrected chi connectivity index (χ1v) is 7.61. The van der Waals surface area contributed by atoms with Gasteiger partial charge in [-0.1, -0.05) is 15.9 Å². The van der Waals surface area contributed by atoms with E-state index in [1.807, 2.05) is 43.3 Å². The zero-order valence-electron chi connectivity index (χ0n) is 12.5. The molecule has 0 aliphatic rings. The number of hydrogen-bond donors (Lipinski definition) is 2. The maximum Gasteiger partial charge on any atom is 0.271 e. The van der Waals surface area contributed by atoms with E-state index in [-0.39, 0.29) is 5.91 Å². The van der Waals surface area contributed by atoms with E-state index >= 15 is 0 Å². The van der Waals surface area contributed by atoms with E-state index in [4.69, 9.17) is 0 Å². The highest BCUT2D eigenvalue weighted by Gasteiger charge is 2.07. The zero-order valence-corrected chi connectivity index (χ0v) is 14.1. The minimum Gasteiger partial charge on any atom is -0.349 e. The molecule has 0 saturated carbocycles. The molecule has 1 heterocycles. The number of hydrogen-bond acceptors (Lipinski definition) is 5. The summed E-state index contributed by atoms with van der Waals surface area (Å²) in [7, 11) is 3.91. The lowest BCUT2D eigenvalue weighted by molar-refractivity contribution is 0.0945. The van der Waals surface area contributed by atoms with Crippen LogP contribution in [-0.2, 0) is 0 Å². The molecule has 2 N–H and O–H groups in total. The molecule has 2 rings (SSSR count). The summed E-state index contributed by atoms with van der Waals surface area (Å²) in [4.78, 5) is 22.2. The molecule has 0 spiro atoms. The van der Waals surface area contributed by atoms with E-state index in [2.05, 4.69) is 36.5 Å². The average molecular weight is 364 g/mol.